The second-order valence-electron chi connectivity index (χ2n) is 6.04. The van der Waals surface area contributed by atoms with Crippen LogP contribution in [0.3, 0.4) is 0 Å². The Bertz CT molecular complexity index is 608. The highest BCUT2D eigenvalue weighted by Crippen LogP contribution is 2.10. The van der Waals surface area contributed by atoms with Gasteiger partial charge in [0.1, 0.15) is 0 Å². The number of carbonyl (C=O) groups excluding carboxylic acids is 1. The van der Waals surface area contributed by atoms with Crippen LogP contribution in [-0.4, -0.2) is 28.3 Å². The van der Waals surface area contributed by atoms with E-state index in [9.17, 15) is 4.79 Å². The molecular formula is C18H26N4O. The first kappa shape index (κ1) is 17.2. The molecule has 0 saturated carbocycles. The Morgan fingerprint density at radius 3 is 2.65 bits per heavy atom. The van der Waals surface area contributed by atoms with Crippen molar-refractivity contribution >= 4 is 5.91 Å². The van der Waals surface area contributed by atoms with Gasteiger partial charge in [0.05, 0.1) is 18.8 Å². The van der Waals surface area contributed by atoms with Gasteiger partial charge in [-0.05, 0) is 31.9 Å². The van der Waals surface area contributed by atoms with Crippen LogP contribution in [0.25, 0.3) is 0 Å². The molecule has 2 N–H and O–H groups in total. The largest absolute Gasteiger partial charge is 0.350 e. The van der Waals surface area contributed by atoms with E-state index in [0.717, 1.165) is 17.7 Å². The third-order valence-corrected chi connectivity index (χ3v) is 3.75. The normalized spacial score (nSPS) is 13.5. The molecule has 0 aliphatic carbocycles. The van der Waals surface area contributed by atoms with E-state index in [1.807, 2.05) is 61.3 Å². The zero-order valence-electron chi connectivity index (χ0n) is 14.1. The Balaban J connectivity index is 1.66. The maximum absolute atomic E-state index is 12.0. The molecule has 0 radical (unpaired) electrons. The smallest absolute Gasteiger partial charge is 0.221 e. The average molecular weight is 314 g/mol. The third kappa shape index (κ3) is 5.87. The Morgan fingerprint density at radius 2 is 2.00 bits per heavy atom. The van der Waals surface area contributed by atoms with E-state index in [-0.39, 0.29) is 18.0 Å². The van der Waals surface area contributed by atoms with E-state index in [1.165, 1.54) is 0 Å². The molecule has 2 atom stereocenters. The van der Waals surface area contributed by atoms with Crippen LogP contribution >= 0.6 is 0 Å². The van der Waals surface area contributed by atoms with Crippen molar-refractivity contribution in [1.82, 2.24) is 20.4 Å². The number of nitrogens with zero attached hydrogens (tertiary/aromatic N) is 2. The van der Waals surface area contributed by atoms with Crippen molar-refractivity contribution in [2.45, 2.75) is 45.8 Å². The molecule has 5 nitrogen and oxygen atoms in total. The van der Waals surface area contributed by atoms with Gasteiger partial charge >= 0.3 is 0 Å². The molecule has 2 rings (SSSR count). The quantitative estimate of drug-likeness (QED) is 0.787. The minimum atomic E-state index is 0.0353. The monoisotopic (exact) mass is 314 g/mol. The third-order valence-electron chi connectivity index (χ3n) is 3.75. The van der Waals surface area contributed by atoms with Gasteiger partial charge in [-0.2, -0.15) is 5.10 Å². The molecule has 0 unspecified atom stereocenters. The number of hydrogen-bond acceptors (Lipinski definition) is 3. The van der Waals surface area contributed by atoms with Crippen LogP contribution < -0.4 is 10.6 Å². The number of aryl methyl sites for hydroxylation is 1. The molecule has 0 aliphatic heterocycles. The Hall–Kier alpha value is -2.14. The number of aromatic nitrogens is 2. The molecule has 0 spiro atoms. The molecule has 0 saturated heterocycles. The van der Waals surface area contributed by atoms with Gasteiger partial charge in [0.25, 0.3) is 0 Å². The van der Waals surface area contributed by atoms with Gasteiger partial charge in [-0.15, -0.1) is 0 Å². The molecule has 2 aromatic rings. The van der Waals surface area contributed by atoms with Gasteiger partial charge < -0.3 is 10.6 Å². The summed E-state index contributed by atoms with van der Waals surface area (Å²) in [6.07, 6.45) is 4.34. The molecule has 0 bridgehead atoms. The highest BCUT2D eigenvalue weighted by Gasteiger charge is 2.10. The Labute approximate surface area is 138 Å². The van der Waals surface area contributed by atoms with Gasteiger partial charge in [0.15, 0.2) is 0 Å². The number of benzene rings is 1. The van der Waals surface area contributed by atoms with Gasteiger partial charge in [-0.3, -0.25) is 9.48 Å². The number of nitrogens with one attached hydrogen (secondary N) is 2. The molecule has 1 aromatic carbocycles. The number of rotatable bonds is 8. The lowest BCUT2D eigenvalue weighted by molar-refractivity contribution is -0.121. The van der Waals surface area contributed by atoms with Crippen LogP contribution in [0.15, 0.2) is 42.7 Å². The van der Waals surface area contributed by atoms with E-state index in [2.05, 4.69) is 22.7 Å². The summed E-state index contributed by atoms with van der Waals surface area (Å²) in [6.45, 7) is 7.59. The predicted molar refractivity (Wildman–Crippen MR) is 92.0 cm³/mol. The van der Waals surface area contributed by atoms with E-state index in [4.69, 9.17) is 0 Å². The molecule has 0 aliphatic rings. The molecule has 1 heterocycles. The summed E-state index contributed by atoms with van der Waals surface area (Å²) >= 11 is 0. The summed E-state index contributed by atoms with van der Waals surface area (Å²) < 4.78 is 1.92. The second kappa shape index (κ2) is 8.48. The summed E-state index contributed by atoms with van der Waals surface area (Å²) in [6, 6.07) is 10.3. The second-order valence-corrected chi connectivity index (χ2v) is 6.04. The molecule has 1 amide bonds. The first-order valence-corrected chi connectivity index (χ1v) is 8.11. The van der Waals surface area contributed by atoms with Crippen LogP contribution in [0, 0.1) is 6.92 Å². The van der Waals surface area contributed by atoms with Crippen molar-refractivity contribution < 1.29 is 4.79 Å². The van der Waals surface area contributed by atoms with E-state index in [1.54, 1.807) is 0 Å². The van der Waals surface area contributed by atoms with Gasteiger partial charge in [0.2, 0.25) is 5.91 Å². The minimum absolute atomic E-state index is 0.0353. The highest BCUT2D eigenvalue weighted by molar-refractivity contribution is 5.76. The Kier molecular flexibility index (Phi) is 6.35. The first-order chi connectivity index (χ1) is 11.0. The van der Waals surface area contributed by atoms with Crippen LogP contribution in [0.4, 0.5) is 0 Å². The van der Waals surface area contributed by atoms with E-state index >= 15 is 0 Å². The van der Waals surface area contributed by atoms with E-state index in [0.29, 0.717) is 13.0 Å². The first-order valence-electron chi connectivity index (χ1n) is 8.11. The SMILES string of the molecule is Cc1cnn(C[C@H](C)NCCC(=O)N[C@@H](C)c2ccccc2)c1. The number of amides is 1. The lowest BCUT2D eigenvalue weighted by atomic mass is 10.1. The summed E-state index contributed by atoms with van der Waals surface area (Å²) in [7, 11) is 0. The molecule has 124 valence electrons. The fourth-order valence-electron chi connectivity index (χ4n) is 2.48. The summed E-state index contributed by atoms with van der Waals surface area (Å²) in [5.41, 5.74) is 2.28. The zero-order chi connectivity index (χ0) is 16.7. The zero-order valence-corrected chi connectivity index (χ0v) is 14.1. The van der Waals surface area contributed by atoms with Crippen LogP contribution in [-0.2, 0) is 11.3 Å². The van der Waals surface area contributed by atoms with Crippen LogP contribution in [0.1, 0.15) is 37.4 Å². The molecule has 5 heteroatoms. The Morgan fingerprint density at radius 1 is 1.26 bits per heavy atom. The summed E-state index contributed by atoms with van der Waals surface area (Å²) in [5, 5.41) is 10.7. The molecule has 23 heavy (non-hydrogen) atoms. The predicted octanol–water partition coefficient (Wildman–Crippen LogP) is 2.44. The van der Waals surface area contributed by atoms with Crippen LogP contribution in [0.2, 0.25) is 0 Å². The lowest BCUT2D eigenvalue weighted by Crippen LogP contribution is -2.35. The maximum atomic E-state index is 12.0. The lowest BCUT2D eigenvalue weighted by Gasteiger charge is -2.16. The summed E-state index contributed by atoms with van der Waals surface area (Å²) in [4.78, 5) is 12.0. The van der Waals surface area contributed by atoms with Crippen molar-refractivity contribution in [3.05, 3.63) is 53.9 Å². The number of hydrogen-bond donors (Lipinski definition) is 2. The van der Waals surface area contributed by atoms with Crippen LogP contribution in [0.5, 0.6) is 0 Å². The summed E-state index contributed by atoms with van der Waals surface area (Å²) in [5.74, 6) is 0.0657. The molecular weight excluding hydrogens is 288 g/mol. The highest BCUT2D eigenvalue weighted by atomic mass is 16.1. The van der Waals surface area contributed by atoms with Crippen molar-refractivity contribution in [3.63, 3.8) is 0 Å². The van der Waals surface area contributed by atoms with Crippen molar-refractivity contribution in [3.8, 4) is 0 Å². The average Bonchev–Trinajstić information content (AvgIpc) is 2.93. The number of carbonyl (C=O) groups is 1. The minimum Gasteiger partial charge on any atom is -0.350 e. The fraction of sp³-hybridized carbons (Fsp3) is 0.444. The fourth-order valence-corrected chi connectivity index (χ4v) is 2.48. The maximum Gasteiger partial charge on any atom is 0.221 e. The van der Waals surface area contributed by atoms with Gasteiger partial charge in [0, 0.05) is 25.2 Å². The van der Waals surface area contributed by atoms with Crippen molar-refractivity contribution in [1.29, 1.82) is 0 Å². The standard InChI is InChI=1S/C18H26N4O/c1-14-11-20-22(12-14)13-15(2)19-10-9-18(23)21-16(3)17-7-5-4-6-8-17/h4-8,11-12,15-16,19H,9-10,13H2,1-3H3,(H,21,23)/t15-,16-/m0/s1. The van der Waals surface area contributed by atoms with Gasteiger partial charge in [-0.25, -0.2) is 0 Å². The van der Waals surface area contributed by atoms with Crippen molar-refractivity contribution in [2.75, 3.05) is 6.54 Å². The molecule has 1 aromatic heterocycles. The molecule has 0 fully saturated rings. The van der Waals surface area contributed by atoms with E-state index < -0.39 is 0 Å². The van der Waals surface area contributed by atoms with Crippen molar-refractivity contribution in [2.24, 2.45) is 0 Å². The van der Waals surface area contributed by atoms with Gasteiger partial charge in [-0.1, -0.05) is 30.3 Å². The topological polar surface area (TPSA) is 59.0 Å².